The van der Waals surface area contributed by atoms with Gasteiger partial charge in [0.15, 0.2) is 0 Å². The molecule has 0 aliphatic carbocycles. The lowest BCUT2D eigenvalue weighted by molar-refractivity contribution is 0.302. The lowest BCUT2D eigenvalue weighted by Gasteiger charge is -2.10. The molecule has 0 atom stereocenters. The number of oxime groups is 1. The number of para-hydroxylation sites is 1. The molecule has 0 saturated carbocycles. The first-order valence-corrected chi connectivity index (χ1v) is 7.33. The van der Waals surface area contributed by atoms with Crippen LogP contribution >= 0.6 is 11.3 Å². The van der Waals surface area contributed by atoms with Gasteiger partial charge in [0.05, 0.1) is 11.4 Å². The lowest BCUT2D eigenvalue weighted by atomic mass is 10.1. The van der Waals surface area contributed by atoms with Crippen LogP contribution in [-0.4, -0.2) is 15.9 Å². The van der Waals surface area contributed by atoms with Gasteiger partial charge in [0.1, 0.15) is 17.4 Å². The number of benzene rings is 1. The van der Waals surface area contributed by atoms with Crippen molar-refractivity contribution < 1.29 is 9.94 Å². The number of nitrogens with zero attached hydrogens (tertiary/aromatic N) is 2. The van der Waals surface area contributed by atoms with Gasteiger partial charge < -0.3 is 9.94 Å². The summed E-state index contributed by atoms with van der Waals surface area (Å²) in [5.41, 5.74) is 2.49. The first kappa shape index (κ1) is 14.5. The molecule has 0 radical (unpaired) electrons. The summed E-state index contributed by atoms with van der Waals surface area (Å²) in [6.45, 7) is 6.42. The van der Waals surface area contributed by atoms with Gasteiger partial charge in [-0.1, -0.05) is 24.2 Å². The summed E-state index contributed by atoms with van der Waals surface area (Å²) >= 11 is 1.64. The molecule has 1 aromatic carbocycles. The standard InChI is InChI=1S/C15H18N2O2S/c1-4-13(17-18)12-7-5-6-8-14(12)19-9-15-16-10(2)11(3)20-15/h5-8,18H,4,9H2,1-3H3/b17-13-. The maximum atomic E-state index is 9.05. The zero-order chi connectivity index (χ0) is 14.5. The van der Waals surface area contributed by atoms with Crippen LogP contribution < -0.4 is 4.74 Å². The van der Waals surface area contributed by atoms with Gasteiger partial charge in [0.2, 0.25) is 0 Å². The Labute approximate surface area is 122 Å². The largest absolute Gasteiger partial charge is 0.486 e. The van der Waals surface area contributed by atoms with E-state index < -0.39 is 0 Å². The normalized spacial score (nSPS) is 11.7. The highest BCUT2D eigenvalue weighted by Gasteiger charge is 2.10. The van der Waals surface area contributed by atoms with Gasteiger partial charge in [-0.05, 0) is 32.4 Å². The maximum absolute atomic E-state index is 9.05. The number of hydrogen-bond acceptors (Lipinski definition) is 5. The van der Waals surface area contributed by atoms with E-state index in [2.05, 4.69) is 17.1 Å². The Morgan fingerprint density at radius 2 is 2.10 bits per heavy atom. The fraction of sp³-hybridized carbons (Fsp3) is 0.333. The molecule has 0 fully saturated rings. The predicted molar refractivity (Wildman–Crippen MR) is 81.0 cm³/mol. The van der Waals surface area contributed by atoms with Gasteiger partial charge in [-0.15, -0.1) is 11.3 Å². The zero-order valence-electron chi connectivity index (χ0n) is 11.9. The van der Waals surface area contributed by atoms with Crippen LogP contribution in [0.2, 0.25) is 0 Å². The summed E-state index contributed by atoms with van der Waals surface area (Å²) in [5.74, 6) is 0.715. The monoisotopic (exact) mass is 290 g/mol. The second kappa shape index (κ2) is 6.52. The first-order chi connectivity index (χ1) is 9.65. The van der Waals surface area contributed by atoms with E-state index in [1.807, 2.05) is 38.1 Å². The molecular weight excluding hydrogens is 272 g/mol. The molecule has 0 bridgehead atoms. The van der Waals surface area contributed by atoms with Crippen LogP contribution in [0.15, 0.2) is 29.4 Å². The van der Waals surface area contributed by atoms with Gasteiger partial charge in [-0.25, -0.2) is 4.98 Å². The number of thiazole rings is 1. The van der Waals surface area contributed by atoms with Crippen molar-refractivity contribution in [1.82, 2.24) is 4.98 Å². The molecule has 0 unspecified atom stereocenters. The van der Waals surface area contributed by atoms with Crippen LogP contribution in [0.5, 0.6) is 5.75 Å². The van der Waals surface area contributed by atoms with Gasteiger partial charge >= 0.3 is 0 Å². The highest BCUT2D eigenvalue weighted by atomic mass is 32.1. The Balaban J connectivity index is 2.17. The van der Waals surface area contributed by atoms with Gasteiger partial charge in [0, 0.05) is 10.4 Å². The van der Waals surface area contributed by atoms with E-state index in [9.17, 15) is 0 Å². The molecule has 0 aliphatic heterocycles. The summed E-state index contributed by atoms with van der Waals surface area (Å²) < 4.78 is 5.83. The average molecular weight is 290 g/mol. The molecule has 0 spiro atoms. The SMILES string of the molecule is CC/C(=N/O)c1ccccc1OCc1nc(C)c(C)s1. The topological polar surface area (TPSA) is 54.7 Å². The van der Waals surface area contributed by atoms with E-state index in [0.717, 1.165) is 16.3 Å². The predicted octanol–water partition coefficient (Wildman–Crippen LogP) is 3.93. The van der Waals surface area contributed by atoms with Gasteiger partial charge in [0.25, 0.3) is 0 Å². The van der Waals surface area contributed by atoms with Crippen molar-refractivity contribution in [2.45, 2.75) is 33.8 Å². The number of ether oxygens (including phenoxy) is 1. The van der Waals surface area contributed by atoms with Crippen molar-refractivity contribution in [3.8, 4) is 5.75 Å². The molecule has 0 aliphatic rings. The molecule has 2 rings (SSSR count). The molecular formula is C15H18N2O2S. The Kier molecular flexibility index (Phi) is 4.74. The van der Waals surface area contributed by atoms with E-state index in [1.54, 1.807) is 11.3 Å². The first-order valence-electron chi connectivity index (χ1n) is 6.51. The van der Waals surface area contributed by atoms with E-state index >= 15 is 0 Å². The number of rotatable bonds is 5. The quantitative estimate of drug-likeness (QED) is 0.516. The highest BCUT2D eigenvalue weighted by molar-refractivity contribution is 7.11. The molecule has 4 nitrogen and oxygen atoms in total. The van der Waals surface area contributed by atoms with Crippen molar-refractivity contribution in [2.24, 2.45) is 5.16 Å². The van der Waals surface area contributed by atoms with Crippen LogP contribution in [0.1, 0.15) is 34.5 Å². The third-order valence-corrected chi connectivity index (χ3v) is 4.12. The van der Waals surface area contributed by atoms with Crippen LogP contribution in [0.25, 0.3) is 0 Å². The fourth-order valence-corrected chi connectivity index (χ4v) is 2.73. The van der Waals surface area contributed by atoms with Crippen LogP contribution in [-0.2, 0) is 6.61 Å². The van der Waals surface area contributed by atoms with Crippen molar-refractivity contribution >= 4 is 17.0 Å². The summed E-state index contributed by atoms with van der Waals surface area (Å²) in [5, 5.41) is 13.3. The maximum Gasteiger partial charge on any atom is 0.140 e. The van der Waals surface area contributed by atoms with Crippen LogP contribution in [0, 0.1) is 13.8 Å². The minimum atomic E-state index is 0.429. The number of hydrogen-bond donors (Lipinski definition) is 1. The second-order valence-electron chi connectivity index (χ2n) is 4.43. The molecule has 5 heteroatoms. The fourth-order valence-electron chi connectivity index (χ4n) is 1.89. The van der Waals surface area contributed by atoms with Crippen LogP contribution in [0.3, 0.4) is 0 Å². The zero-order valence-corrected chi connectivity index (χ0v) is 12.7. The van der Waals surface area contributed by atoms with Crippen LogP contribution in [0.4, 0.5) is 0 Å². The Hall–Kier alpha value is -1.88. The molecule has 0 saturated heterocycles. The third-order valence-electron chi connectivity index (χ3n) is 3.08. The summed E-state index contributed by atoms with van der Waals surface area (Å²) in [6, 6.07) is 7.58. The van der Waals surface area contributed by atoms with Gasteiger partial charge in [-0.2, -0.15) is 0 Å². The molecule has 1 N–H and O–H groups in total. The van der Waals surface area contributed by atoms with Crippen molar-refractivity contribution in [1.29, 1.82) is 0 Å². The average Bonchev–Trinajstić information content (AvgIpc) is 2.78. The van der Waals surface area contributed by atoms with Gasteiger partial charge in [-0.3, -0.25) is 0 Å². The van der Waals surface area contributed by atoms with E-state index in [-0.39, 0.29) is 0 Å². The van der Waals surface area contributed by atoms with E-state index in [0.29, 0.717) is 24.5 Å². The molecule has 1 aromatic heterocycles. The third kappa shape index (κ3) is 3.17. The molecule has 20 heavy (non-hydrogen) atoms. The Morgan fingerprint density at radius 3 is 2.70 bits per heavy atom. The minimum absolute atomic E-state index is 0.429. The van der Waals surface area contributed by atoms with E-state index in [4.69, 9.17) is 9.94 Å². The molecule has 0 amide bonds. The molecule has 106 valence electrons. The minimum Gasteiger partial charge on any atom is -0.486 e. The van der Waals surface area contributed by atoms with Crippen molar-refractivity contribution in [2.75, 3.05) is 0 Å². The van der Waals surface area contributed by atoms with E-state index in [1.165, 1.54) is 4.88 Å². The van der Waals surface area contributed by atoms with Crippen molar-refractivity contribution in [3.63, 3.8) is 0 Å². The van der Waals surface area contributed by atoms with Crippen molar-refractivity contribution in [3.05, 3.63) is 45.4 Å². The highest BCUT2D eigenvalue weighted by Crippen LogP contribution is 2.23. The Morgan fingerprint density at radius 1 is 1.35 bits per heavy atom. The molecule has 2 aromatic rings. The molecule has 1 heterocycles. The summed E-state index contributed by atoms with van der Waals surface area (Å²) in [7, 11) is 0. The summed E-state index contributed by atoms with van der Waals surface area (Å²) in [6.07, 6.45) is 0.645. The smallest absolute Gasteiger partial charge is 0.140 e. The second-order valence-corrected chi connectivity index (χ2v) is 5.72. The number of aromatic nitrogens is 1. The Bertz CT molecular complexity index is 601. The summed E-state index contributed by atoms with van der Waals surface area (Å²) in [4.78, 5) is 5.67. The lowest BCUT2D eigenvalue weighted by Crippen LogP contribution is -2.04. The number of aryl methyl sites for hydroxylation is 2.